The lowest BCUT2D eigenvalue weighted by molar-refractivity contribution is 0.267. The molecule has 1 aliphatic carbocycles. The molecular weight excluding hydrogens is 218 g/mol. The van der Waals surface area contributed by atoms with Gasteiger partial charge in [0.2, 0.25) is 0 Å². The van der Waals surface area contributed by atoms with Crippen molar-refractivity contribution >= 4 is 5.69 Å². The highest BCUT2D eigenvalue weighted by atomic mass is 14.9. The van der Waals surface area contributed by atoms with Gasteiger partial charge in [-0.25, -0.2) is 0 Å². The van der Waals surface area contributed by atoms with Crippen LogP contribution in [0.4, 0.5) is 5.69 Å². The Morgan fingerprint density at radius 3 is 2.33 bits per heavy atom. The summed E-state index contributed by atoms with van der Waals surface area (Å²) in [6.45, 7) is 9.14. The number of hydrogen-bond acceptors (Lipinski definition) is 1. The summed E-state index contributed by atoms with van der Waals surface area (Å²) in [5, 5.41) is 3.75. The SMILES string of the molecule is Cc1cccc(NC2CCC(C(C)C)CC2)c1C. The molecule has 0 atom stereocenters. The lowest BCUT2D eigenvalue weighted by atomic mass is 9.79. The molecule has 1 saturated carbocycles. The molecule has 100 valence electrons. The Bertz CT molecular complexity index is 387. The maximum absolute atomic E-state index is 3.75. The van der Waals surface area contributed by atoms with Gasteiger partial charge in [-0.05, 0) is 68.6 Å². The predicted octanol–water partition coefficient (Wildman–Crippen LogP) is 4.93. The summed E-state index contributed by atoms with van der Waals surface area (Å²) in [5.41, 5.74) is 4.13. The van der Waals surface area contributed by atoms with E-state index in [9.17, 15) is 0 Å². The molecule has 0 aromatic heterocycles. The average molecular weight is 245 g/mol. The van der Waals surface area contributed by atoms with E-state index in [0.717, 1.165) is 11.8 Å². The van der Waals surface area contributed by atoms with Crippen molar-refractivity contribution in [3.8, 4) is 0 Å². The van der Waals surface area contributed by atoms with Gasteiger partial charge in [-0.15, -0.1) is 0 Å². The molecule has 1 aromatic carbocycles. The van der Waals surface area contributed by atoms with Crippen molar-refractivity contribution in [1.82, 2.24) is 0 Å². The second-order valence-electron chi connectivity index (χ2n) is 6.25. The van der Waals surface area contributed by atoms with E-state index in [4.69, 9.17) is 0 Å². The van der Waals surface area contributed by atoms with Crippen LogP contribution in [0, 0.1) is 25.7 Å². The van der Waals surface area contributed by atoms with E-state index in [0.29, 0.717) is 6.04 Å². The minimum atomic E-state index is 0.681. The zero-order valence-corrected chi connectivity index (χ0v) is 12.3. The number of aryl methyl sites for hydroxylation is 1. The molecule has 0 aliphatic heterocycles. The zero-order chi connectivity index (χ0) is 13.1. The summed E-state index contributed by atoms with van der Waals surface area (Å²) in [5.74, 6) is 1.80. The zero-order valence-electron chi connectivity index (χ0n) is 12.3. The highest BCUT2D eigenvalue weighted by Crippen LogP contribution is 2.32. The van der Waals surface area contributed by atoms with Crippen LogP contribution in [0.1, 0.15) is 50.7 Å². The molecule has 0 bridgehead atoms. The molecule has 0 radical (unpaired) electrons. The molecule has 0 spiro atoms. The lowest BCUT2D eigenvalue weighted by Crippen LogP contribution is -2.28. The molecule has 1 aromatic rings. The predicted molar refractivity (Wildman–Crippen MR) is 80.1 cm³/mol. The van der Waals surface area contributed by atoms with Crippen molar-refractivity contribution in [2.75, 3.05) is 5.32 Å². The third-order valence-electron chi connectivity index (χ3n) is 4.68. The topological polar surface area (TPSA) is 12.0 Å². The Balaban J connectivity index is 1.94. The minimum Gasteiger partial charge on any atom is -0.382 e. The molecule has 0 amide bonds. The number of nitrogens with one attached hydrogen (secondary N) is 1. The largest absolute Gasteiger partial charge is 0.382 e. The van der Waals surface area contributed by atoms with Crippen LogP contribution in [0.5, 0.6) is 0 Å². The van der Waals surface area contributed by atoms with Gasteiger partial charge in [0, 0.05) is 11.7 Å². The van der Waals surface area contributed by atoms with Crippen molar-refractivity contribution in [3.05, 3.63) is 29.3 Å². The first-order valence-electron chi connectivity index (χ1n) is 7.40. The third kappa shape index (κ3) is 3.07. The first-order valence-corrected chi connectivity index (χ1v) is 7.40. The van der Waals surface area contributed by atoms with E-state index in [1.54, 1.807) is 0 Å². The van der Waals surface area contributed by atoms with E-state index in [-0.39, 0.29) is 0 Å². The number of benzene rings is 1. The fraction of sp³-hybridized carbons (Fsp3) is 0.647. The molecule has 18 heavy (non-hydrogen) atoms. The summed E-state index contributed by atoms with van der Waals surface area (Å²) < 4.78 is 0. The fourth-order valence-electron chi connectivity index (χ4n) is 3.06. The molecule has 1 nitrogen and oxygen atoms in total. The number of rotatable bonds is 3. The molecule has 1 aliphatic rings. The summed E-state index contributed by atoms with van der Waals surface area (Å²) in [6, 6.07) is 7.25. The van der Waals surface area contributed by atoms with Gasteiger partial charge in [-0.1, -0.05) is 26.0 Å². The highest BCUT2D eigenvalue weighted by Gasteiger charge is 2.23. The van der Waals surface area contributed by atoms with Gasteiger partial charge >= 0.3 is 0 Å². The maximum Gasteiger partial charge on any atom is 0.0374 e. The van der Waals surface area contributed by atoms with Crippen LogP contribution >= 0.6 is 0 Å². The van der Waals surface area contributed by atoms with Crippen molar-refractivity contribution in [1.29, 1.82) is 0 Å². The number of hydrogen-bond donors (Lipinski definition) is 1. The van der Waals surface area contributed by atoms with Crippen LogP contribution in [-0.2, 0) is 0 Å². The minimum absolute atomic E-state index is 0.681. The van der Waals surface area contributed by atoms with Crippen LogP contribution in [-0.4, -0.2) is 6.04 Å². The van der Waals surface area contributed by atoms with Crippen LogP contribution in [0.25, 0.3) is 0 Å². The Morgan fingerprint density at radius 1 is 1.06 bits per heavy atom. The summed E-state index contributed by atoms with van der Waals surface area (Å²) in [6.07, 6.45) is 5.44. The first kappa shape index (κ1) is 13.5. The van der Waals surface area contributed by atoms with Crippen LogP contribution in [0.15, 0.2) is 18.2 Å². The fourth-order valence-corrected chi connectivity index (χ4v) is 3.06. The number of anilines is 1. The Kier molecular flexibility index (Phi) is 4.31. The van der Waals surface area contributed by atoms with Crippen LogP contribution in [0.3, 0.4) is 0 Å². The monoisotopic (exact) mass is 245 g/mol. The van der Waals surface area contributed by atoms with Gasteiger partial charge in [0.25, 0.3) is 0 Å². The van der Waals surface area contributed by atoms with Crippen molar-refractivity contribution in [3.63, 3.8) is 0 Å². The van der Waals surface area contributed by atoms with Gasteiger partial charge in [0.15, 0.2) is 0 Å². The molecule has 2 rings (SSSR count). The third-order valence-corrected chi connectivity index (χ3v) is 4.68. The molecule has 1 N–H and O–H groups in total. The first-order chi connectivity index (χ1) is 8.58. The maximum atomic E-state index is 3.75. The summed E-state index contributed by atoms with van der Waals surface area (Å²) in [7, 11) is 0. The van der Waals surface area contributed by atoms with E-state index in [2.05, 4.69) is 51.2 Å². The molecule has 1 fully saturated rings. The van der Waals surface area contributed by atoms with Crippen molar-refractivity contribution in [2.24, 2.45) is 11.8 Å². The molecule has 1 heteroatoms. The van der Waals surface area contributed by atoms with E-state index in [1.807, 2.05) is 0 Å². The second-order valence-corrected chi connectivity index (χ2v) is 6.25. The van der Waals surface area contributed by atoms with E-state index < -0.39 is 0 Å². The quantitative estimate of drug-likeness (QED) is 0.796. The van der Waals surface area contributed by atoms with E-state index >= 15 is 0 Å². The van der Waals surface area contributed by atoms with Crippen LogP contribution < -0.4 is 5.32 Å². The molecule has 0 unspecified atom stereocenters. The normalized spacial score (nSPS) is 24.3. The lowest BCUT2D eigenvalue weighted by Gasteiger charge is -2.32. The smallest absolute Gasteiger partial charge is 0.0374 e. The van der Waals surface area contributed by atoms with Gasteiger partial charge in [-0.3, -0.25) is 0 Å². The highest BCUT2D eigenvalue weighted by molar-refractivity contribution is 5.54. The van der Waals surface area contributed by atoms with E-state index in [1.165, 1.54) is 42.5 Å². The Hall–Kier alpha value is -0.980. The molecule has 0 saturated heterocycles. The summed E-state index contributed by atoms with van der Waals surface area (Å²) >= 11 is 0. The van der Waals surface area contributed by atoms with Gasteiger partial charge in [-0.2, -0.15) is 0 Å². The molecular formula is C17H27N. The van der Waals surface area contributed by atoms with Crippen molar-refractivity contribution < 1.29 is 0 Å². The standard InChI is InChI=1S/C17H27N/c1-12(2)15-8-10-16(11-9-15)18-17-7-5-6-13(3)14(17)4/h5-7,12,15-16,18H,8-11H2,1-4H3. The summed E-state index contributed by atoms with van der Waals surface area (Å²) in [4.78, 5) is 0. The average Bonchev–Trinajstić information content (AvgIpc) is 2.36. The van der Waals surface area contributed by atoms with Crippen molar-refractivity contribution in [2.45, 2.75) is 59.4 Å². The van der Waals surface area contributed by atoms with Gasteiger partial charge < -0.3 is 5.32 Å². The molecule has 0 heterocycles. The Labute approximate surface area is 112 Å². The van der Waals surface area contributed by atoms with Gasteiger partial charge in [0.1, 0.15) is 0 Å². The van der Waals surface area contributed by atoms with Gasteiger partial charge in [0.05, 0.1) is 0 Å². The second kappa shape index (κ2) is 5.77. The Morgan fingerprint density at radius 2 is 1.72 bits per heavy atom. The van der Waals surface area contributed by atoms with Crippen LogP contribution in [0.2, 0.25) is 0 Å².